The molecular weight excluding hydrogens is 610 g/mol. The Morgan fingerprint density at radius 2 is 0.622 bits per heavy atom. The van der Waals surface area contributed by atoms with Crippen molar-refractivity contribution in [2.75, 3.05) is 0 Å². The summed E-state index contributed by atoms with van der Waals surface area (Å²) in [5, 5.41) is 33.7. The number of nitrogens with one attached hydrogen (secondary N) is 8. The van der Waals surface area contributed by atoms with E-state index < -0.39 is 0 Å². The van der Waals surface area contributed by atoms with E-state index in [2.05, 4.69) is 69.7 Å². The Bertz CT molecular complexity index is 759. The molecule has 0 aromatic rings. The molecule has 4 saturated carbocycles. The molecule has 5 heterocycles. The third-order valence-electron chi connectivity index (χ3n) is 13.6. The van der Waals surface area contributed by atoms with E-state index in [1.165, 1.54) is 102 Å². The topological polar surface area (TPSA) is 96.2 Å². The third kappa shape index (κ3) is 6.76. The average molecular weight is 674 g/mol. The van der Waals surface area contributed by atoms with Gasteiger partial charge in [-0.1, -0.05) is 51.4 Å². The van der Waals surface area contributed by atoms with Crippen LogP contribution >= 0.6 is 0 Å². The molecule has 8 N–H and O–H groups in total. The molecule has 0 aromatic carbocycles. The van der Waals surface area contributed by atoms with Gasteiger partial charge < -0.3 is 12.3 Å². The summed E-state index contributed by atoms with van der Waals surface area (Å²) in [6, 6.07) is 0. The van der Waals surface area contributed by atoms with Crippen LogP contribution in [0.1, 0.15) is 117 Å². The predicted molar refractivity (Wildman–Crippen MR) is 177 cm³/mol. The quantitative estimate of drug-likeness (QED) is 0.144. The van der Waals surface area contributed by atoms with Gasteiger partial charge in [0.15, 0.2) is 0 Å². The molecule has 9 aliphatic rings. The molecule has 9 heteroatoms. The maximum absolute atomic E-state index is 4.25. The van der Waals surface area contributed by atoms with Gasteiger partial charge in [-0.05, 0) is 80.0 Å². The molecule has 45 heavy (non-hydrogen) atoms. The van der Waals surface area contributed by atoms with Crippen LogP contribution in [-0.4, -0.2) is 49.3 Å². The molecule has 16 atom stereocenters. The van der Waals surface area contributed by atoms with Crippen molar-refractivity contribution in [1.82, 2.24) is 42.5 Å². The van der Waals surface area contributed by atoms with Crippen molar-refractivity contribution < 1.29 is 19.5 Å². The molecule has 5 saturated heterocycles. The summed E-state index contributed by atoms with van der Waals surface area (Å²) in [6.07, 6.45) is 26.4. The van der Waals surface area contributed by atoms with Crippen molar-refractivity contribution in [1.29, 1.82) is 0 Å². The Morgan fingerprint density at radius 3 is 0.933 bits per heavy atom. The summed E-state index contributed by atoms with van der Waals surface area (Å²) in [6.45, 7) is 6.25. The number of fused-ring (bicyclic) bond motifs is 20. The van der Waals surface area contributed by atoms with Crippen LogP contribution < -0.4 is 42.5 Å². The second-order valence-electron chi connectivity index (χ2n) is 16.9. The molecule has 8 nitrogen and oxygen atoms in total. The molecule has 0 aromatic heterocycles. The van der Waals surface area contributed by atoms with Gasteiger partial charge in [-0.15, -0.1) is 5.92 Å². The van der Waals surface area contributed by atoms with Crippen LogP contribution in [0, 0.1) is 59.7 Å². The first kappa shape index (κ1) is 33.8. The van der Waals surface area contributed by atoms with Gasteiger partial charge in [-0.3, -0.25) is 42.5 Å². The maximum atomic E-state index is 4.25. The van der Waals surface area contributed by atoms with Gasteiger partial charge in [-0.25, -0.2) is 0 Å². The van der Waals surface area contributed by atoms with Crippen LogP contribution in [0.15, 0.2) is 0 Å². The van der Waals surface area contributed by atoms with E-state index in [4.69, 9.17) is 0 Å². The van der Waals surface area contributed by atoms with E-state index >= 15 is 0 Å². The first-order valence-electron chi connectivity index (χ1n) is 19.2. The molecule has 250 valence electrons. The van der Waals surface area contributed by atoms with Crippen molar-refractivity contribution in [3.63, 3.8) is 0 Å². The van der Waals surface area contributed by atoms with Gasteiger partial charge in [0.25, 0.3) is 0 Å². The van der Waals surface area contributed by atoms with E-state index in [9.17, 15) is 0 Å². The maximum Gasteiger partial charge on any atom is 2.00 e. The molecular formula is C36H64N8Zn. The predicted octanol–water partition coefficient (Wildman–Crippen LogP) is 4.04. The van der Waals surface area contributed by atoms with E-state index in [1.54, 1.807) is 0 Å². The van der Waals surface area contributed by atoms with E-state index in [0.717, 1.165) is 35.5 Å². The summed E-state index contributed by atoms with van der Waals surface area (Å²) in [5.41, 5.74) is 0. The van der Waals surface area contributed by atoms with Crippen LogP contribution in [0.2, 0.25) is 0 Å². The van der Waals surface area contributed by atoms with Gasteiger partial charge in [0.1, 0.15) is 0 Å². The summed E-state index contributed by atoms with van der Waals surface area (Å²) >= 11 is 0. The fourth-order valence-electron chi connectivity index (χ4n) is 11.7. The zero-order valence-electron chi connectivity index (χ0n) is 28.6. The molecule has 0 amide bonds. The van der Waals surface area contributed by atoms with Crippen LogP contribution in [0.25, 0.3) is 0 Å². The van der Waals surface area contributed by atoms with Gasteiger partial charge in [0, 0.05) is 6.17 Å². The minimum Gasteiger partial charge on any atom is -0.323 e. The van der Waals surface area contributed by atoms with Crippen LogP contribution in [0.5, 0.6) is 0 Å². The van der Waals surface area contributed by atoms with E-state index in [0.29, 0.717) is 61.2 Å². The largest absolute Gasteiger partial charge is 2.00 e. The molecule has 8 bridgehead atoms. The van der Waals surface area contributed by atoms with E-state index in [1.807, 2.05) is 0 Å². The summed E-state index contributed by atoms with van der Waals surface area (Å²) in [7, 11) is 0. The fraction of sp³-hybridized carbons (Fsp3) is 0.944. The van der Waals surface area contributed by atoms with Gasteiger partial charge in [-0.2, -0.15) is 27.2 Å². The standard InChI is InChI=1S/C32H55N8.C4H9.Zn/c1-2-10-18-17(9-1)25-33-26(18)38-28-21-13-5-6-14-22(21)30(35-28)40-32-24-16-8-7-15-23(24)31(36-32)39-29-20-12-4-3-11-19(20)27(34-29)37-25;1-4(2)3;/h9,17-40H,1-8,10-16H2;1-3H3;/q2*-1;+2. The summed E-state index contributed by atoms with van der Waals surface area (Å²) in [5.74, 6) is 7.15. The molecule has 16 unspecified atom stereocenters. The first-order valence-corrected chi connectivity index (χ1v) is 19.2. The van der Waals surface area contributed by atoms with Crippen molar-refractivity contribution in [2.24, 2.45) is 47.3 Å². The third-order valence-corrected chi connectivity index (χ3v) is 13.6. The molecule has 9 fully saturated rings. The molecule has 9 rings (SSSR count). The fourth-order valence-corrected chi connectivity index (χ4v) is 11.7. The minimum absolute atomic E-state index is 0. The van der Waals surface area contributed by atoms with Crippen LogP contribution in [-0.2, 0) is 19.5 Å². The normalized spacial score (nSPS) is 52.0. The Kier molecular flexibility index (Phi) is 11.0. The van der Waals surface area contributed by atoms with Crippen LogP contribution in [0.3, 0.4) is 0 Å². The van der Waals surface area contributed by atoms with Crippen molar-refractivity contribution >= 4 is 0 Å². The molecule has 5 aliphatic heterocycles. The van der Waals surface area contributed by atoms with Gasteiger partial charge in [0.2, 0.25) is 0 Å². The van der Waals surface area contributed by atoms with Gasteiger partial charge in [0.05, 0.1) is 43.2 Å². The molecule has 0 spiro atoms. The zero-order chi connectivity index (χ0) is 29.8. The second-order valence-corrected chi connectivity index (χ2v) is 16.9. The first-order chi connectivity index (χ1) is 21.5. The second kappa shape index (κ2) is 14.7. The Labute approximate surface area is 287 Å². The van der Waals surface area contributed by atoms with Crippen molar-refractivity contribution in [3.8, 4) is 0 Å². The van der Waals surface area contributed by atoms with Crippen molar-refractivity contribution in [3.05, 3.63) is 12.3 Å². The smallest absolute Gasteiger partial charge is 0.323 e. The average Bonchev–Trinajstić information content (AvgIpc) is 3.76. The van der Waals surface area contributed by atoms with Crippen molar-refractivity contribution in [2.45, 2.75) is 166 Å². The Morgan fingerprint density at radius 1 is 0.378 bits per heavy atom. The molecule has 4 aliphatic carbocycles. The zero-order valence-corrected chi connectivity index (χ0v) is 31.6. The summed E-state index contributed by atoms with van der Waals surface area (Å²) in [4.78, 5) is 0. The monoisotopic (exact) mass is 672 g/mol. The van der Waals surface area contributed by atoms with Gasteiger partial charge >= 0.3 is 19.5 Å². The SMILES string of the molecule is C[C-](C)C.[CH-]1CCCC2C3NC(NC4NC(NC5NC(NC6NC(N3)C3CCCCC63)C3CCCCC53)C3CCCCC43)C12.[Zn+2]. The number of rotatable bonds is 0. The minimum atomic E-state index is 0. The summed E-state index contributed by atoms with van der Waals surface area (Å²) < 4.78 is 0. The number of hydrogen-bond donors (Lipinski definition) is 8. The Balaban J connectivity index is 0.000000617. The van der Waals surface area contributed by atoms with Crippen LogP contribution in [0.4, 0.5) is 0 Å². The number of hydrogen-bond acceptors (Lipinski definition) is 8. The Hall–Kier alpha value is 0.303. The molecule has 0 radical (unpaired) electrons. The van der Waals surface area contributed by atoms with E-state index in [-0.39, 0.29) is 19.5 Å².